The summed E-state index contributed by atoms with van der Waals surface area (Å²) in [5.74, 6) is -0.310. The molecule has 0 heterocycles. The number of hydrogen-bond acceptors (Lipinski definition) is 1. The second-order valence-electron chi connectivity index (χ2n) is 4.24. The van der Waals surface area contributed by atoms with Gasteiger partial charge in [-0.25, -0.2) is 4.39 Å². The van der Waals surface area contributed by atoms with E-state index in [1.54, 1.807) is 6.07 Å². The molecule has 0 bridgehead atoms. The molecule has 0 spiro atoms. The van der Waals surface area contributed by atoms with E-state index in [0.717, 1.165) is 25.6 Å². The fourth-order valence-corrected chi connectivity index (χ4v) is 3.40. The molecular weight excluding hydrogens is 441 g/mol. The van der Waals surface area contributed by atoms with Crippen molar-refractivity contribution in [3.05, 3.63) is 66.3 Å². The van der Waals surface area contributed by atoms with Crippen molar-refractivity contribution in [2.24, 2.45) is 5.73 Å². The summed E-state index contributed by atoms with van der Waals surface area (Å²) in [4.78, 5) is 0. The van der Waals surface area contributed by atoms with Crippen molar-refractivity contribution < 1.29 is 4.39 Å². The molecule has 0 amide bonds. The molecule has 1 atom stereocenters. The summed E-state index contributed by atoms with van der Waals surface area (Å²) in [6.07, 6.45) is 0. The number of benzene rings is 2. The van der Waals surface area contributed by atoms with E-state index < -0.39 is 6.04 Å². The highest BCUT2D eigenvalue weighted by Gasteiger charge is 2.18. The van der Waals surface area contributed by atoms with Crippen molar-refractivity contribution in [2.45, 2.75) is 13.0 Å². The first-order valence-corrected chi connectivity index (χ1v) is 7.94. The molecule has 0 radical (unpaired) electrons. The Morgan fingerprint density at radius 3 is 2.42 bits per heavy atom. The Labute approximate surface area is 136 Å². The molecule has 2 rings (SSSR count). The van der Waals surface area contributed by atoms with E-state index in [9.17, 15) is 4.39 Å². The first kappa shape index (κ1) is 15.2. The van der Waals surface area contributed by atoms with Crippen LogP contribution < -0.4 is 5.73 Å². The zero-order chi connectivity index (χ0) is 14.2. The highest BCUT2D eigenvalue weighted by Crippen LogP contribution is 2.35. The van der Waals surface area contributed by atoms with E-state index in [0.29, 0.717) is 4.47 Å². The van der Waals surface area contributed by atoms with Crippen LogP contribution in [0.4, 0.5) is 4.39 Å². The predicted octanol–water partition coefficient (Wildman–Crippen LogP) is 5.47. The molecule has 2 N–H and O–H groups in total. The maximum Gasteiger partial charge on any atom is 0.137 e. The first-order valence-electron chi connectivity index (χ1n) is 5.57. The van der Waals surface area contributed by atoms with Gasteiger partial charge in [0.05, 0.1) is 10.5 Å². The van der Waals surface area contributed by atoms with Gasteiger partial charge in [-0.1, -0.05) is 44.0 Å². The minimum Gasteiger partial charge on any atom is -0.320 e. The minimum atomic E-state index is -0.406. The molecule has 0 aromatic heterocycles. The van der Waals surface area contributed by atoms with E-state index >= 15 is 0 Å². The Morgan fingerprint density at radius 2 is 1.74 bits per heavy atom. The third-order valence-electron chi connectivity index (χ3n) is 2.93. The summed E-state index contributed by atoms with van der Waals surface area (Å²) in [5, 5.41) is 0. The summed E-state index contributed by atoms with van der Waals surface area (Å²) in [7, 11) is 0. The van der Waals surface area contributed by atoms with Gasteiger partial charge in [-0.3, -0.25) is 0 Å². The lowest BCUT2D eigenvalue weighted by Gasteiger charge is -2.17. The van der Waals surface area contributed by atoms with Crippen molar-refractivity contribution in [2.75, 3.05) is 0 Å². The predicted molar refractivity (Wildman–Crippen MR) is 86.7 cm³/mol. The van der Waals surface area contributed by atoms with E-state index in [-0.39, 0.29) is 5.82 Å². The Hall–Kier alpha value is -0.230. The molecule has 2 aromatic carbocycles. The molecule has 5 heteroatoms. The van der Waals surface area contributed by atoms with Crippen LogP contribution in [0.15, 0.2) is 43.7 Å². The summed E-state index contributed by atoms with van der Waals surface area (Å²) < 4.78 is 15.9. The summed E-state index contributed by atoms with van der Waals surface area (Å²) in [6, 6.07) is 8.43. The van der Waals surface area contributed by atoms with Crippen LogP contribution in [-0.4, -0.2) is 0 Å². The monoisotopic (exact) mass is 449 g/mol. The second-order valence-corrected chi connectivity index (χ2v) is 6.75. The standard InChI is InChI=1S/C14H11Br3FN/c1-7-5-11(16)9(6-10(7)15)14(19)8-3-2-4-12(18)13(8)17/h2-6,14H,19H2,1H3. The molecule has 0 saturated heterocycles. The molecular formula is C14H11Br3FN. The third kappa shape index (κ3) is 3.10. The van der Waals surface area contributed by atoms with Crippen molar-refractivity contribution in [1.29, 1.82) is 0 Å². The van der Waals surface area contributed by atoms with Crippen molar-refractivity contribution in [3.8, 4) is 0 Å². The molecule has 0 fully saturated rings. The molecule has 0 aliphatic carbocycles. The highest BCUT2D eigenvalue weighted by molar-refractivity contribution is 9.11. The smallest absolute Gasteiger partial charge is 0.137 e. The van der Waals surface area contributed by atoms with Crippen LogP contribution in [0.25, 0.3) is 0 Å². The van der Waals surface area contributed by atoms with E-state index in [1.165, 1.54) is 6.07 Å². The topological polar surface area (TPSA) is 26.0 Å². The summed E-state index contributed by atoms with van der Waals surface area (Å²) >= 11 is 10.3. The van der Waals surface area contributed by atoms with Crippen molar-refractivity contribution in [1.82, 2.24) is 0 Å². The van der Waals surface area contributed by atoms with Crippen molar-refractivity contribution >= 4 is 47.8 Å². The third-order valence-corrected chi connectivity index (χ3v) is 5.31. The van der Waals surface area contributed by atoms with Crippen LogP contribution in [0.1, 0.15) is 22.7 Å². The van der Waals surface area contributed by atoms with Gasteiger partial charge in [-0.05, 0) is 57.7 Å². The van der Waals surface area contributed by atoms with Gasteiger partial charge < -0.3 is 5.73 Å². The Kier molecular flexibility index (Phi) is 4.82. The molecule has 1 unspecified atom stereocenters. The van der Waals surface area contributed by atoms with E-state index in [1.807, 2.05) is 25.1 Å². The van der Waals surface area contributed by atoms with E-state index in [2.05, 4.69) is 47.8 Å². The largest absolute Gasteiger partial charge is 0.320 e. The number of halogens is 4. The Morgan fingerprint density at radius 1 is 1.05 bits per heavy atom. The fraction of sp³-hybridized carbons (Fsp3) is 0.143. The molecule has 0 aliphatic rings. The summed E-state index contributed by atoms with van der Waals surface area (Å²) in [5.41, 5.74) is 9.00. The fourth-order valence-electron chi connectivity index (χ4n) is 1.83. The number of hydrogen-bond donors (Lipinski definition) is 1. The zero-order valence-electron chi connectivity index (χ0n) is 10.1. The number of aryl methyl sites for hydroxylation is 1. The van der Waals surface area contributed by atoms with Gasteiger partial charge in [-0.15, -0.1) is 0 Å². The van der Waals surface area contributed by atoms with Crippen LogP contribution in [0, 0.1) is 12.7 Å². The lowest BCUT2D eigenvalue weighted by Crippen LogP contribution is -2.14. The maximum absolute atomic E-state index is 13.6. The van der Waals surface area contributed by atoms with Gasteiger partial charge in [0.15, 0.2) is 0 Å². The molecule has 100 valence electrons. The Balaban J connectivity index is 2.53. The Bertz CT molecular complexity index is 628. The highest BCUT2D eigenvalue weighted by atomic mass is 79.9. The average molecular weight is 452 g/mol. The van der Waals surface area contributed by atoms with Gasteiger partial charge in [0.1, 0.15) is 5.82 Å². The van der Waals surface area contributed by atoms with Crippen molar-refractivity contribution in [3.63, 3.8) is 0 Å². The van der Waals surface area contributed by atoms with Crippen LogP contribution >= 0.6 is 47.8 Å². The van der Waals surface area contributed by atoms with Crippen LogP contribution in [-0.2, 0) is 0 Å². The minimum absolute atomic E-state index is 0.310. The van der Waals surface area contributed by atoms with Crippen LogP contribution in [0.2, 0.25) is 0 Å². The molecule has 19 heavy (non-hydrogen) atoms. The molecule has 0 saturated carbocycles. The average Bonchev–Trinajstić information content (AvgIpc) is 2.36. The van der Waals surface area contributed by atoms with Gasteiger partial charge in [-0.2, -0.15) is 0 Å². The van der Waals surface area contributed by atoms with Crippen LogP contribution in [0.3, 0.4) is 0 Å². The quantitative estimate of drug-likeness (QED) is 0.643. The van der Waals surface area contributed by atoms with E-state index in [4.69, 9.17) is 5.73 Å². The lowest BCUT2D eigenvalue weighted by atomic mass is 9.98. The normalized spacial score (nSPS) is 12.5. The molecule has 2 aromatic rings. The van der Waals surface area contributed by atoms with Gasteiger partial charge in [0.2, 0.25) is 0 Å². The lowest BCUT2D eigenvalue weighted by molar-refractivity contribution is 0.616. The number of nitrogens with two attached hydrogens (primary N) is 1. The molecule has 1 nitrogen and oxygen atoms in total. The van der Waals surface area contributed by atoms with Crippen LogP contribution in [0.5, 0.6) is 0 Å². The second kappa shape index (κ2) is 6.04. The molecule has 0 aliphatic heterocycles. The zero-order valence-corrected chi connectivity index (χ0v) is 14.8. The SMILES string of the molecule is Cc1cc(Br)c(C(N)c2cccc(F)c2Br)cc1Br. The van der Waals surface area contributed by atoms with Gasteiger partial charge in [0.25, 0.3) is 0 Å². The first-order chi connectivity index (χ1) is 8.91. The number of rotatable bonds is 2. The van der Waals surface area contributed by atoms with Gasteiger partial charge in [0, 0.05) is 8.95 Å². The summed E-state index contributed by atoms with van der Waals surface area (Å²) in [6.45, 7) is 2.00. The van der Waals surface area contributed by atoms with Gasteiger partial charge >= 0.3 is 0 Å². The maximum atomic E-state index is 13.6.